The molecule has 0 radical (unpaired) electrons. The molecule has 1 aromatic carbocycles. The molecular weight excluding hydrogens is 255 g/mol. The van der Waals surface area contributed by atoms with E-state index in [1.165, 1.54) is 0 Å². The van der Waals surface area contributed by atoms with Crippen LogP contribution in [0.25, 0.3) is 0 Å². The third-order valence-corrected chi connectivity index (χ3v) is 5.57. The van der Waals surface area contributed by atoms with Gasteiger partial charge in [0.05, 0.1) is 13.2 Å². The van der Waals surface area contributed by atoms with E-state index in [0.29, 0.717) is 13.2 Å². The van der Waals surface area contributed by atoms with Crippen LogP contribution in [0.4, 0.5) is 0 Å². The average Bonchev–Trinajstić information content (AvgIpc) is 2.30. The highest BCUT2D eigenvalue weighted by molar-refractivity contribution is 7.89. The molecule has 1 rings (SSSR count). The molecule has 0 saturated carbocycles. The van der Waals surface area contributed by atoms with Crippen molar-refractivity contribution in [2.45, 2.75) is 25.8 Å². The lowest BCUT2D eigenvalue weighted by Crippen LogP contribution is -2.02. The highest BCUT2D eigenvalue weighted by atomic mass is 32.1. The Morgan fingerprint density at radius 2 is 1.65 bits per heavy atom. The van der Waals surface area contributed by atoms with Crippen molar-refractivity contribution in [3.05, 3.63) is 35.4 Å². The summed E-state index contributed by atoms with van der Waals surface area (Å²) in [4.78, 5) is -0.539. The SMILES string of the molecule is CCOP(=O)(OCC)C(S)c1ccc(C)cc1. The van der Waals surface area contributed by atoms with Gasteiger partial charge in [-0.2, -0.15) is 12.6 Å². The molecule has 0 spiro atoms. The van der Waals surface area contributed by atoms with Gasteiger partial charge in [-0.3, -0.25) is 4.57 Å². The fourth-order valence-electron chi connectivity index (χ4n) is 1.46. The average molecular weight is 274 g/mol. The van der Waals surface area contributed by atoms with E-state index in [4.69, 9.17) is 9.05 Å². The van der Waals surface area contributed by atoms with Crippen LogP contribution in [-0.2, 0) is 13.6 Å². The Morgan fingerprint density at radius 1 is 1.18 bits per heavy atom. The van der Waals surface area contributed by atoms with Crippen LogP contribution >= 0.6 is 20.2 Å². The van der Waals surface area contributed by atoms with Crippen molar-refractivity contribution < 1.29 is 13.6 Å². The van der Waals surface area contributed by atoms with Crippen molar-refractivity contribution in [2.24, 2.45) is 0 Å². The van der Waals surface area contributed by atoms with E-state index >= 15 is 0 Å². The van der Waals surface area contributed by atoms with Gasteiger partial charge in [0, 0.05) is 0 Å². The van der Waals surface area contributed by atoms with Crippen molar-refractivity contribution >= 4 is 20.2 Å². The predicted molar refractivity (Wildman–Crippen MR) is 73.8 cm³/mol. The van der Waals surface area contributed by atoms with Gasteiger partial charge in [0.2, 0.25) is 0 Å². The second-order valence-corrected chi connectivity index (χ2v) is 6.70. The maximum Gasteiger partial charge on any atom is 0.347 e. The molecule has 0 aromatic heterocycles. The Bertz CT molecular complexity index is 381. The van der Waals surface area contributed by atoms with Crippen LogP contribution in [0, 0.1) is 6.92 Å². The van der Waals surface area contributed by atoms with Crippen LogP contribution in [0.5, 0.6) is 0 Å². The summed E-state index contributed by atoms with van der Waals surface area (Å²) in [6, 6.07) is 7.72. The van der Waals surface area contributed by atoms with Gasteiger partial charge in [-0.25, -0.2) is 0 Å². The normalized spacial score (nSPS) is 13.6. The summed E-state index contributed by atoms with van der Waals surface area (Å²) in [6.45, 7) is 6.28. The van der Waals surface area contributed by atoms with Crippen molar-refractivity contribution in [3.63, 3.8) is 0 Å². The zero-order valence-electron chi connectivity index (χ0n) is 10.4. The summed E-state index contributed by atoms with van der Waals surface area (Å²) in [5.41, 5.74) is 2.00. The molecule has 96 valence electrons. The lowest BCUT2D eigenvalue weighted by molar-refractivity contribution is 0.218. The standard InChI is InChI=1S/C12H19O3PS/c1-4-14-16(13,15-5-2)12(17)11-8-6-10(3)7-9-11/h6-9,12,17H,4-5H2,1-3H3. The molecule has 0 aliphatic carbocycles. The minimum absolute atomic E-state index is 0.347. The molecule has 1 atom stereocenters. The summed E-state index contributed by atoms with van der Waals surface area (Å²) in [5, 5.41) is 0. The monoisotopic (exact) mass is 274 g/mol. The second kappa shape index (κ2) is 6.60. The fraction of sp³-hybridized carbons (Fsp3) is 0.500. The smallest absolute Gasteiger partial charge is 0.308 e. The molecule has 0 saturated heterocycles. The van der Waals surface area contributed by atoms with Crippen molar-refractivity contribution in [3.8, 4) is 0 Å². The molecule has 1 aromatic rings. The highest BCUT2D eigenvalue weighted by Crippen LogP contribution is 2.62. The summed E-state index contributed by atoms with van der Waals surface area (Å²) < 4.78 is 23.0. The van der Waals surface area contributed by atoms with Gasteiger partial charge in [0.15, 0.2) is 0 Å². The number of aryl methyl sites for hydroxylation is 1. The zero-order chi connectivity index (χ0) is 12.9. The molecule has 0 amide bonds. The van der Waals surface area contributed by atoms with Gasteiger partial charge in [0.1, 0.15) is 4.99 Å². The lowest BCUT2D eigenvalue weighted by Gasteiger charge is -2.22. The first kappa shape index (κ1) is 14.8. The molecule has 5 heteroatoms. The molecule has 0 fully saturated rings. The summed E-state index contributed by atoms with van der Waals surface area (Å²) in [7, 11) is -3.18. The number of rotatable bonds is 6. The predicted octanol–water partition coefficient (Wildman–Crippen LogP) is 4.19. The minimum Gasteiger partial charge on any atom is -0.308 e. The number of hydrogen-bond donors (Lipinski definition) is 1. The molecule has 0 heterocycles. The minimum atomic E-state index is -3.18. The summed E-state index contributed by atoms with van der Waals surface area (Å²) in [6.07, 6.45) is 0. The molecule has 0 aliphatic rings. The largest absolute Gasteiger partial charge is 0.347 e. The van der Waals surface area contributed by atoms with Crippen LogP contribution < -0.4 is 0 Å². The summed E-state index contributed by atoms with van der Waals surface area (Å²) in [5.74, 6) is 0. The molecular formula is C12H19O3PS. The molecule has 0 bridgehead atoms. The first-order valence-electron chi connectivity index (χ1n) is 5.67. The molecule has 0 aliphatic heterocycles. The molecule has 1 unspecified atom stereocenters. The van der Waals surface area contributed by atoms with Gasteiger partial charge < -0.3 is 9.05 Å². The zero-order valence-corrected chi connectivity index (χ0v) is 12.2. The Hall–Kier alpha value is -0.280. The van der Waals surface area contributed by atoms with E-state index in [-0.39, 0.29) is 0 Å². The maximum atomic E-state index is 12.5. The van der Waals surface area contributed by atoms with E-state index in [9.17, 15) is 4.57 Å². The molecule has 0 N–H and O–H groups in total. The van der Waals surface area contributed by atoms with Crippen LogP contribution in [0.3, 0.4) is 0 Å². The Morgan fingerprint density at radius 3 is 2.06 bits per heavy atom. The fourth-order valence-corrected chi connectivity index (χ4v) is 3.65. The van der Waals surface area contributed by atoms with E-state index in [0.717, 1.165) is 11.1 Å². The molecule has 17 heavy (non-hydrogen) atoms. The van der Waals surface area contributed by atoms with Gasteiger partial charge in [-0.15, -0.1) is 0 Å². The van der Waals surface area contributed by atoms with Gasteiger partial charge in [-0.1, -0.05) is 29.8 Å². The lowest BCUT2D eigenvalue weighted by atomic mass is 10.2. The van der Waals surface area contributed by atoms with Crippen LogP contribution in [0.1, 0.15) is 30.0 Å². The molecule has 3 nitrogen and oxygen atoms in total. The topological polar surface area (TPSA) is 35.5 Å². The third kappa shape index (κ3) is 3.85. The van der Waals surface area contributed by atoms with Gasteiger partial charge in [0.25, 0.3) is 0 Å². The Balaban J connectivity index is 2.95. The van der Waals surface area contributed by atoms with Crippen molar-refractivity contribution in [1.29, 1.82) is 0 Å². The van der Waals surface area contributed by atoms with Crippen molar-refractivity contribution in [1.82, 2.24) is 0 Å². The van der Waals surface area contributed by atoms with E-state index in [1.807, 2.05) is 31.2 Å². The van der Waals surface area contributed by atoms with E-state index < -0.39 is 12.6 Å². The Labute approximate surface area is 108 Å². The van der Waals surface area contributed by atoms with Crippen molar-refractivity contribution in [2.75, 3.05) is 13.2 Å². The maximum absolute atomic E-state index is 12.5. The number of thiol groups is 1. The summed E-state index contributed by atoms with van der Waals surface area (Å²) >= 11 is 4.39. The third-order valence-electron chi connectivity index (χ3n) is 2.29. The van der Waals surface area contributed by atoms with E-state index in [2.05, 4.69) is 12.6 Å². The highest BCUT2D eigenvalue weighted by Gasteiger charge is 2.33. The number of benzene rings is 1. The van der Waals surface area contributed by atoms with Crippen LogP contribution in [0.15, 0.2) is 24.3 Å². The Kier molecular flexibility index (Phi) is 5.74. The van der Waals surface area contributed by atoms with Gasteiger partial charge in [-0.05, 0) is 26.3 Å². The van der Waals surface area contributed by atoms with Crippen LogP contribution in [0.2, 0.25) is 0 Å². The quantitative estimate of drug-likeness (QED) is 0.624. The van der Waals surface area contributed by atoms with Crippen LogP contribution in [-0.4, -0.2) is 13.2 Å². The van der Waals surface area contributed by atoms with E-state index in [1.54, 1.807) is 13.8 Å². The second-order valence-electron chi connectivity index (χ2n) is 3.66. The first-order chi connectivity index (χ1) is 8.03. The van der Waals surface area contributed by atoms with Gasteiger partial charge >= 0.3 is 7.60 Å². The number of hydrogen-bond acceptors (Lipinski definition) is 4. The first-order valence-corrected chi connectivity index (χ1v) is 7.79.